The van der Waals surface area contributed by atoms with Crippen molar-refractivity contribution in [3.63, 3.8) is 0 Å². The van der Waals surface area contributed by atoms with Crippen LogP contribution in [0.15, 0.2) is 21.9 Å². The van der Waals surface area contributed by atoms with Gasteiger partial charge < -0.3 is 0 Å². The second-order valence-corrected chi connectivity index (χ2v) is 6.98. The highest BCUT2D eigenvalue weighted by molar-refractivity contribution is 8.02. The lowest BCUT2D eigenvalue weighted by molar-refractivity contribution is 0.892. The molecule has 0 aliphatic carbocycles. The van der Waals surface area contributed by atoms with E-state index in [4.69, 9.17) is 0 Å². The third-order valence-corrected chi connectivity index (χ3v) is 5.72. The van der Waals surface area contributed by atoms with E-state index in [-0.39, 0.29) is 0 Å². The van der Waals surface area contributed by atoms with Crippen molar-refractivity contribution >= 4 is 23.5 Å². The average Bonchev–Trinajstić information content (AvgIpc) is 2.37. The molecule has 0 heterocycles. The maximum atomic E-state index is 2.32. The minimum Gasteiger partial charge on any atom is -0.125 e. The Morgan fingerprint density at radius 2 is 1.50 bits per heavy atom. The van der Waals surface area contributed by atoms with E-state index in [2.05, 4.69) is 39.8 Å². The first-order valence-corrected chi connectivity index (χ1v) is 9.03. The lowest BCUT2D eigenvalue weighted by Crippen LogP contribution is -1.91. The Balaban J connectivity index is 2.76. The minimum atomic E-state index is 1.25. The van der Waals surface area contributed by atoms with Crippen LogP contribution in [-0.2, 0) is 0 Å². The molecule has 0 amide bonds. The van der Waals surface area contributed by atoms with Gasteiger partial charge in [0.2, 0.25) is 0 Å². The molecule has 0 saturated heterocycles. The Labute approximate surface area is 121 Å². The van der Waals surface area contributed by atoms with Gasteiger partial charge in [-0.15, -0.1) is 23.5 Å². The van der Waals surface area contributed by atoms with Crippen LogP contribution < -0.4 is 0 Å². The zero-order valence-electron chi connectivity index (χ0n) is 12.2. The number of thioether (sulfide) groups is 2. The average molecular weight is 283 g/mol. The van der Waals surface area contributed by atoms with Crippen LogP contribution in [0.2, 0.25) is 0 Å². The molecule has 0 spiro atoms. The number of aryl methyl sites for hydroxylation is 1. The van der Waals surface area contributed by atoms with Gasteiger partial charge in [-0.3, -0.25) is 0 Å². The Bertz CT molecular complexity index is 358. The highest BCUT2D eigenvalue weighted by atomic mass is 32.2. The molecule has 0 N–H and O–H groups in total. The van der Waals surface area contributed by atoms with Crippen LogP contribution in [0.3, 0.4) is 0 Å². The molecular formula is C16H26S2. The number of hydrogen-bond donors (Lipinski definition) is 0. The fourth-order valence-corrected chi connectivity index (χ4v) is 4.38. The van der Waals surface area contributed by atoms with Crippen LogP contribution in [0.25, 0.3) is 0 Å². The Morgan fingerprint density at radius 1 is 0.889 bits per heavy atom. The lowest BCUT2D eigenvalue weighted by atomic mass is 10.1. The summed E-state index contributed by atoms with van der Waals surface area (Å²) in [5, 5.41) is 0. The van der Waals surface area contributed by atoms with Crippen LogP contribution >= 0.6 is 23.5 Å². The van der Waals surface area contributed by atoms with E-state index in [1.165, 1.54) is 58.1 Å². The molecule has 1 rings (SSSR count). The fraction of sp³-hybridized carbons (Fsp3) is 0.625. The van der Waals surface area contributed by atoms with Gasteiger partial charge in [0, 0.05) is 9.79 Å². The van der Waals surface area contributed by atoms with Gasteiger partial charge in [0.1, 0.15) is 0 Å². The predicted octanol–water partition coefficient (Wildman–Crippen LogP) is 6.09. The maximum absolute atomic E-state index is 2.32. The van der Waals surface area contributed by atoms with Crippen LogP contribution in [0.4, 0.5) is 0 Å². The summed E-state index contributed by atoms with van der Waals surface area (Å²) in [7, 11) is 0. The van der Waals surface area contributed by atoms with Crippen molar-refractivity contribution in [2.24, 2.45) is 0 Å². The first-order chi connectivity index (χ1) is 8.70. The molecule has 18 heavy (non-hydrogen) atoms. The first-order valence-electron chi connectivity index (χ1n) is 7.06. The van der Waals surface area contributed by atoms with Gasteiger partial charge in [-0.05, 0) is 55.4 Å². The first kappa shape index (κ1) is 16.0. The van der Waals surface area contributed by atoms with Gasteiger partial charge in [0.05, 0.1) is 0 Å². The van der Waals surface area contributed by atoms with Gasteiger partial charge in [0.15, 0.2) is 0 Å². The Hall–Kier alpha value is -0.0800. The smallest absolute Gasteiger partial charge is 0.0240 e. The van der Waals surface area contributed by atoms with Crippen LogP contribution in [-0.4, -0.2) is 11.5 Å². The van der Waals surface area contributed by atoms with Crippen molar-refractivity contribution in [2.45, 2.75) is 63.2 Å². The zero-order chi connectivity index (χ0) is 13.4. The number of hydrogen-bond acceptors (Lipinski definition) is 2. The van der Waals surface area contributed by atoms with Gasteiger partial charge in [-0.1, -0.05) is 32.8 Å². The largest absolute Gasteiger partial charge is 0.125 e. The highest BCUT2D eigenvalue weighted by Gasteiger charge is 2.09. The number of benzene rings is 1. The second-order valence-electron chi connectivity index (χ2n) is 4.74. The summed E-state index contributed by atoms with van der Waals surface area (Å²) in [6.07, 6.45) is 5.21. The predicted molar refractivity (Wildman–Crippen MR) is 87.2 cm³/mol. The standard InChI is InChI=1S/C16H26S2/c1-5-7-11-17-15-10-9-13(3)14(4)16(15)18-12-8-6-2/h9-10H,5-8,11-12H2,1-4H3. The number of rotatable bonds is 8. The monoisotopic (exact) mass is 282 g/mol. The summed E-state index contributed by atoms with van der Waals surface area (Å²) in [5.41, 5.74) is 2.91. The topological polar surface area (TPSA) is 0 Å². The van der Waals surface area contributed by atoms with Crippen molar-refractivity contribution in [3.8, 4) is 0 Å². The van der Waals surface area contributed by atoms with E-state index in [1.54, 1.807) is 0 Å². The van der Waals surface area contributed by atoms with Gasteiger partial charge in [-0.2, -0.15) is 0 Å². The van der Waals surface area contributed by atoms with E-state index >= 15 is 0 Å². The third-order valence-electron chi connectivity index (χ3n) is 3.14. The van der Waals surface area contributed by atoms with Crippen LogP contribution in [0, 0.1) is 13.8 Å². The van der Waals surface area contributed by atoms with E-state index in [0.717, 1.165) is 0 Å². The van der Waals surface area contributed by atoms with Crippen molar-refractivity contribution in [2.75, 3.05) is 11.5 Å². The summed E-state index contributed by atoms with van der Waals surface area (Å²) >= 11 is 4.08. The van der Waals surface area contributed by atoms with Crippen molar-refractivity contribution in [1.29, 1.82) is 0 Å². The molecule has 0 nitrogen and oxygen atoms in total. The summed E-state index contributed by atoms with van der Waals surface area (Å²) in [6.45, 7) is 9.02. The molecule has 0 radical (unpaired) electrons. The molecule has 0 unspecified atom stereocenters. The van der Waals surface area contributed by atoms with Gasteiger partial charge >= 0.3 is 0 Å². The summed E-state index contributed by atoms with van der Waals surface area (Å²) in [5.74, 6) is 2.50. The molecule has 0 fully saturated rings. The molecule has 0 aromatic heterocycles. The molecule has 102 valence electrons. The van der Waals surface area contributed by atoms with E-state index in [0.29, 0.717) is 0 Å². The molecule has 0 bridgehead atoms. The molecule has 0 atom stereocenters. The zero-order valence-corrected chi connectivity index (χ0v) is 13.8. The fourth-order valence-electron chi connectivity index (χ4n) is 1.70. The molecule has 0 aliphatic heterocycles. The van der Waals surface area contributed by atoms with E-state index < -0.39 is 0 Å². The van der Waals surface area contributed by atoms with E-state index in [1.807, 2.05) is 23.5 Å². The quantitative estimate of drug-likeness (QED) is 0.418. The molecule has 0 aliphatic rings. The Kier molecular flexibility index (Phi) is 7.92. The van der Waals surface area contributed by atoms with Crippen LogP contribution in [0.1, 0.15) is 50.7 Å². The second kappa shape index (κ2) is 8.92. The molecule has 1 aromatic carbocycles. The maximum Gasteiger partial charge on any atom is 0.0240 e. The molecule has 0 saturated carbocycles. The molecule has 1 aromatic rings. The summed E-state index contributed by atoms with van der Waals surface area (Å²) in [4.78, 5) is 3.03. The SMILES string of the molecule is CCCCSc1ccc(C)c(C)c1SCCCC. The van der Waals surface area contributed by atoms with Crippen LogP contribution in [0.5, 0.6) is 0 Å². The van der Waals surface area contributed by atoms with Crippen molar-refractivity contribution in [1.82, 2.24) is 0 Å². The summed E-state index contributed by atoms with van der Waals surface area (Å²) in [6, 6.07) is 4.59. The van der Waals surface area contributed by atoms with Crippen molar-refractivity contribution < 1.29 is 0 Å². The normalized spacial score (nSPS) is 10.9. The van der Waals surface area contributed by atoms with E-state index in [9.17, 15) is 0 Å². The Morgan fingerprint density at radius 3 is 2.11 bits per heavy atom. The minimum absolute atomic E-state index is 1.25. The van der Waals surface area contributed by atoms with Gasteiger partial charge in [0.25, 0.3) is 0 Å². The van der Waals surface area contributed by atoms with Crippen molar-refractivity contribution in [3.05, 3.63) is 23.3 Å². The van der Waals surface area contributed by atoms with Gasteiger partial charge in [-0.25, -0.2) is 0 Å². The lowest BCUT2D eigenvalue weighted by Gasteiger charge is -2.14. The summed E-state index contributed by atoms with van der Waals surface area (Å²) < 4.78 is 0. The molecular weight excluding hydrogens is 256 g/mol. The number of unbranched alkanes of at least 4 members (excludes halogenated alkanes) is 2. The third kappa shape index (κ3) is 4.89. The molecule has 2 heteroatoms. The highest BCUT2D eigenvalue weighted by Crippen LogP contribution is 2.36.